The minimum Gasteiger partial charge on any atom is -0.353 e. The van der Waals surface area contributed by atoms with Gasteiger partial charge >= 0.3 is 0 Å². The Morgan fingerprint density at radius 3 is 2.48 bits per heavy atom. The van der Waals surface area contributed by atoms with Crippen LogP contribution in [0.4, 0.5) is 0 Å². The fourth-order valence-corrected chi connectivity index (χ4v) is 6.72. The molecule has 4 unspecified atom stereocenters. The average Bonchev–Trinajstić information content (AvgIpc) is 2.63. The van der Waals surface area contributed by atoms with Gasteiger partial charge in [-0.1, -0.05) is 44.2 Å². The summed E-state index contributed by atoms with van der Waals surface area (Å²) in [6.07, 6.45) is 9.92. The van der Waals surface area contributed by atoms with E-state index in [-0.39, 0.29) is 10.8 Å². The highest BCUT2D eigenvalue weighted by Gasteiger charge is 2.53. The van der Waals surface area contributed by atoms with Gasteiger partial charge in [-0.05, 0) is 80.6 Å². The summed E-state index contributed by atoms with van der Waals surface area (Å²) >= 11 is 0. The molecule has 0 saturated heterocycles. The Hall–Kier alpha value is -1.35. The molecular formula is C24H36N2O. The first kappa shape index (κ1) is 19.0. The molecule has 3 saturated carbocycles. The number of hydrogen-bond acceptors (Lipinski definition) is 2. The van der Waals surface area contributed by atoms with E-state index < -0.39 is 0 Å². The molecule has 1 aromatic carbocycles. The van der Waals surface area contributed by atoms with Gasteiger partial charge in [0.15, 0.2) is 0 Å². The molecule has 3 nitrogen and oxygen atoms in total. The Labute approximate surface area is 164 Å². The van der Waals surface area contributed by atoms with Crippen LogP contribution in [0.2, 0.25) is 0 Å². The molecule has 0 spiro atoms. The third-order valence-electron chi connectivity index (χ3n) is 7.66. The molecule has 0 aliphatic heterocycles. The second-order valence-electron chi connectivity index (χ2n) is 10.3. The predicted molar refractivity (Wildman–Crippen MR) is 110 cm³/mol. The number of nitrogens with one attached hydrogen (secondary N) is 1. The summed E-state index contributed by atoms with van der Waals surface area (Å²) in [6.45, 7) is 4.63. The number of rotatable bonds is 3. The van der Waals surface area contributed by atoms with Crippen molar-refractivity contribution in [3.8, 4) is 0 Å². The summed E-state index contributed by atoms with van der Waals surface area (Å²) in [6, 6.07) is 11.7. The van der Waals surface area contributed by atoms with E-state index in [0.29, 0.717) is 23.9 Å². The van der Waals surface area contributed by atoms with Gasteiger partial charge in [0.05, 0.1) is 0 Å². The van der Waals surface area contributed by atoms with Crippen LogP contribution in [0.25, 0.3) is 0 Å². The van der Waals surface area contributed by atoms with Gasteiger partial charge in [0.25, 0.3) is 0 Å². The van der Waals surface area contributed by atoms with Crippen LogP contribution in [0.15, 0.2) is 30.3 Å². The fourth-order valence-electron chi connectivity index (χ4n) is 6.72. The molecule has 3 aliphatic rings. The number of benzene rings is 1. The van der Waals surface area contributed by atoms with Gasteiger partial charge in [0, 0.05) is 17.5 Å². The van der Waals surface area contributed by atoms with Crippen LogP contribution in [0.1, 0.15) is 77.2 Å². The maximum absolute atomic E-state index is 13.4. The van der Waals surface area contributed by atoms with Crippen LogP contribution >= 0.6 is 0 Å². The first-order chi connectivity index (χ1) is 12.9. The Bertz CT molecular complexity index is 662. The third kappa shape index (κ3) is 3.81. The first-order valence-corrected chi connectivity index (χ1v) is 11.0. The van der Waals surface area contributed by atoms with Crippen molar-refractivity contribution < 1.29 is 4.79 Å². The summed E-state index contributed by atoms with van der Waals surface area (Å²) in [5.41, 5.74) is 7.41. The lowest BCUT2D eigenvalue weighted by molar-refractivity contribution is -0.137. The van der Waals surface area contributed by atoms with Crippen molar-refractivity contribution in [1.29, 1.82) is 0 Å². The van der Waals surface area contributed by atoms with Crippen molar-refractivity contribution in [3.63, 3.8) is 0 Å². The maximum Gasteiger partial charge on any atom is 0.226 e. The quantitative estimate of drug-likeness (QED) is 0.822. The molecule has 3 heteroatoms. The van der Waals surface area contributed by atoms with Crippen LogP contribution in [0.3, 0.4) is 0 Å². The van der Waals surface area contributed by atoms with E-state index in [2.05, 4.69) is 49.5 Å². The molecule has 4 rings (SSSR count). The highest BCUT2D eigenvalue weighted by Crippen LogP contribution is 2.58. The minimum absolute atomic E-state index is 0.169. The topological polar surface area (TPSA) is 55.1 Å². The van der Waals surface area contributed by atoms with Crippen LogP contribution < -0.4 is 11.1 Å². The molecule has 2 bridgehead atoms. The summed E-state index contributed by atoms with van der Waals surface area (Å²) in [7, 11) is 0. The highest BCUT2D eigenvalue weighted by atomic mass is 16.2. The molecule has 0 radical (unpaired) electrons. The lowest BCUT2D eigenvalue weighted by Crippen LogP contribution is -2.54. The summed E-state index contributed by atoms with van der Waals surface area (Å²) < 4.78 is 0. The van der Waals surface area contributed by atoms with Crippen LogP contribution in [-0.4, -0.2) is 18.0 Å². The van der Waals surface area contributed by atoms with E-state index in [1.807, 2.05) is 0 Å². The van der Waals surface area contributed by atoms with Gasteiger partial charge in [0.2, 0.25) is 5.91 Å². The minimum atomic E-state index is -0.252. The third-order valence-corrected chi connectivity index (χ3v) is 7.66. The standard InChI is InChI=1S/C24H36N2O/c1-17-12-18-14-23(2,22(27)26-21-10-8-20(25)9-11-21)16-24(13-17,15-18)19-6-4-3-5-7-19/h3-7,17-18,20-21H,8-16,25H2,1-2H3,(H,26,27). The van der Waals surface area contributed by atoms with E-state index in [1.54, 1.807) is 0 Å². The zero-order chi connectivity index (χ0) is 19.1. The molecular weight excluding hydrogens is 332 g/mol. The zero-order valence-corrected chi connectivity index (χ0v) is 17.0. The molecule has 27 heavy (non-hydrogen) atoms. The van der Waals surface area contributed by atoms with Crippen LogP contribution in [0, 0.1) is 17.3 Å². The number of carbonyl (C=O) groups excluding carboxylic acids is 1. The van der Waals surface area contributed by atoms with E-state index in [9.17, 15) is 4.79 Å². The zero-order valence-electron chi connectivity index (χ0n) is 17.0. The average molecular weight is 369 g/mol. The van der Waals surface area contributed by atoms with Crippen LogP contribution in [0.5, 0.6) is 0 Å². The molecule has 0 aromatic heterocycles. The summed E-state index contributed by atoms with van der Waals surface area (Å²) in [5, 5.41) is 3.42. The Morgan fingerprint density at radius 1 is 1.07 bits per heavy atom. The van der Waals surface area contributed by atoms with Gasteiger partial charge < -0.3 is 11.1 Å². The predicted octanol–water partition coefficient (Wildman–Crippen LogP) is 4.55. The molecule has 3 aliphatic carbocycles. The van der Waals surface area contributed by atoms with E-state index >= 15 is 0 Å². The first-order valence-electron chi connectivity index (χ1n) is 11.0. The molecule has 1 amide bonds. The van der Waals surface area contributed by atoms with Gasteiger partial charge in [-0.15, -0.1) is 0 Å². The highest BCUT2D eigenvalue weighted by molar-refractivity contribution is 5.83. The lowest BCUT2D eigenvalue weighted by Gasteiger charge is -2.54. The fraction of sp³-hybridized carbons (Fsp3) is 0.708. The Balaban J connectivity index is 1.55. The smallest absolute Gasteiger partial charge is 0.226 e. The molecule has 4 atom stereocenters. The normalized spacial score (nSPS) is 41.7. The Morgan fingerprint density at radius 2 is 1.78 bits per heavy atom. The SMILES string of the molecule is CC1CC2CC(C)(C(=O)NC3CCC(N)CC3)CC(c3ccccc3)(C1)C2. The number of carbonyl (C=O) groups is 1. The van der Waals surface area contributed by atoms with Gasteiger partial charge in [-0.3, -0.25) is 4.79 Å². The van der Waals surface area contributed by atoms with Crippen molar-refractivity contribution in [2.24, 2.45) is 23.0 Å². The largest absolute Gasteiger partial charge is 0.353 e. The number of fused-ring (bicyclic) bond motifs is 2. The van der Waals surface area contributed by atoms with Crippen molar-refractivity contribution in [2.75, 3.05) is 0 Å². The van der Waals surface area contributed by atoms with E-state index in [0.717, 1.165) is 44.4 Å². The summed E-state index contributed by atoms with van der Waals surface area (Å²) in [4.78, 5) is 13.4. The molecule has 0 heterocycles. The molecule has 1 aromatic rings. The monoisotopic (exact) mass is 368 g/mol. The number of hydrogen-bond donors (Lipinski definition) is 2. The molecule has 148 valence electrons. The molecule has 3 N–H and O–H groups in total. The lowest BCUT2D eigenvalue weighted by atomic mass is 9.50. The molecule has 3 fully saturated rings. The van der Waals surface area contributed by atoms with Gasteiger partial charge in [-0.25, -0.2) is 0 Å². The van der Waals surface area contributed by atoms with Gasteiger partial charge in [-0.2, -0.15) is 0 Å². The van der Waals surface area contributed by atoms with Crippen molar-refractivity contribution in [2.45, 2.75) is 89.1 Å². The van der Waals surface area contributed by atoms with Crippen molar-refractivity contribution in [1.82, 2.24) is 5.32 Å². The van der Waals surface area contributed by atoms with Crippen LogP contribution in [-0.2, 0) is 10.2 Å². The Kier molecular flexibility index (Phi) is 5.09. The van der Waals surface area contributed by atoms with Crippen molar-refractivity contribution in [3.05, 3.63) is 35.9 Å². The van der Waals surface area contributed by atoms with Crippen molar-refractivity contribution >= 4 is 5.91 Å². The van der Waals surface area contributed by atoms with E-state index in [4.69, 9.17) is 5.73 Å². The number of amides is 1. The van der Waals surface area contributed by atoms with E-state index in [1.165, 1.54) is 24.8 Å². The summed E-state index contributed by atoms with van der Waals surface area (Å²) in [5.74, 6) is 1.71. The number of nitrogens with two attached hydrogens (primary N) is 1. The second kappa shape index (κ2) is 7.24. The van der Waals surface area contributed by atoms with Gasteiger partial charge in [0.1, 0.15) is 0 Å². The maximum atomic E-state index is 13.4. The second-order valence-corrected chi connectivity index (χ2v) is 10.3.